The summed E-state index contributed by atoms with van der Waals surface area (Å²) in [5.41, 5.74) is 1.58. The molecular weight excluding hydrogens is 364 g/mol. The highest BCUT2D eigenvalue weighted by molar-refractivity contribution is 6.30. The van der Waals surface area contributed by atoms with E-state index >= 15 is 0 Å². The Balaban J connectivity index is 1.53. The summed E-state index contributed by atoms with van der Waals surface area (Å²) in [6.07, 6.45) is 9.72. The van der Waals surface area contributed by atoms with Gasteiger partial charge in [-0.05, 0) is 37.0 Å². The number of likely N-dealkylation sites (tertiary alicyclic amines) is 1. The summed E-state index contributed by atoms with van der Waals surface area (Å²) in [4.78, 5) is 27.1. The number of piperidine rings is 1. The monoisotopic (exact) mass is 382 g/mol. The molecule has 1 fully saturated rings. The molecule has 1 atom stereocenters. The fourth-order valence-electron chi connectivity index (χ4n) is 3.37. The van der Waals surface area contributed by atoms with E-state index in [9.17, 15) is 4.79 Å². The van der Waals surface area contributed by atoms with Crippen LogP contribution in [0.5, 0.6) is 0 Å². The first-order chi connectivity index (χ1) is 13.2. The standard InChI is InChI=1S/C20H19ClN4O2/c21-16-6-4-14(5-7-16)9-17-12-24-19(27-17)18-3-1-2-8-25(18)20(26)15-10-22-13-23-11-15/h4-7,10-13,18H,1-3,8-9H2/t18-/m1/s1. The molecular formula is C20H19ClN4O2. The van der Waals surface area contributed by atoms with Gasteiger partial charge in [0.05, 0.1) is 11.8 Å². The van der Waals surface area contributed by atoms with Crippen LogP contribution in [0, 0.1) is 0 Å². The van der Waals surface area contributed by atoms with Crippen molar-refractivity contribution in [3.63, 3.8) is 0 Å². The van der Waals surface area contributed by atoms with Crippen molar-refractivity contribution in [3.8, 4) is 0 Å². The minimum absolute atomic E-state index is 0.0854. The van der Waals surface area contributed by atoms with Gasteiger partial charge in [0.2, 0.25) is 5.89 Å². The normalized spacial score (nSPS) is 17.1. The molecule has 138 valence electrons. The first kappa shape index (κ1) is 17.7. The van der Waals surface area contributed by atoms with Gasteiger partial charge in [-0.3, -0.25) is 4.79 Å². The molecule has 0 bridgehead atoms. The smallest absolute Gasteiger partial charge is 0.257 e. The lowest BCUT2D eigenvalue weighted by molar-refractivity contribution is 0.0569. The Kier molecular flexibility index (Phi) is 5.16. The third-order valence-corrected chi connectivity index (χ3v) is 4.97. The van der Waals surface area contributed by atoms with Gasteiger partial charge in [-0.25, -0.2) is 15.0 Å². The third-order valence-electron chi connectivity index (χ3n) is 4.72. The molecule has 4 rings (SSSR count). The Bertz CT molecular complexity index is 911. The number of nitrogens with zero attached hydrogens (tertiary/aromatic N) is 4. The van der Waals surface area contributed by atoms with Crippen LogP contribution in [0.2, 0.25) is 5.02 Å². The molecule has 6 nitrogen and oxygen atoms in total. The van der Waals surface area contributed by atoms with Crippen molar-refractivity contribution in [2.24, 2.45) is 0 Å². The number of aromatic nitrogens is 3. The lowest BCUT2D eigenvalue weighted by Gasteiger charge is -2.33. The molecule has 7 heteroatoms. The number of hydrogen-bond donors (Lipinski definition) is 0. The number of amides is 1. The molecule has 0 aliphatic carbocycles. The number of carbonyl (C=O) groups is 1. The number of hydrogen-bond acceptors (Lipinski definition) is 5. The van der Waals surface area contributed by atoms with Crippen LogP contribution in [0.3, 0.4) is 0 Å². The lowest BCUT2D eigenvalue weighted by atomic mass is 10.0. The van der Waals surface area contributed by atoms with Crippen LogP contribution >= 0.6 is 11.6 Å². The van der Waals surface area contributed by atoms with Crippen LogP contribution in [0.15, 0.2) is 53.6 Å². The highest BCUT2D eigenvalue weighted by Crippen LogP contribution is 2.32. The molecule has 0 spiro atoms. The number of benzene rings is 1. The number of carbonyl (C=O) groups excluding carboxylic acids is 1. The highest BCUT2D eigenvalue weighted by Gasteiger charge is 2.32. The van der Waals surface area contributed by atoms with Crippen LogP contribution in [0.4, 0.5) is 0 Å². The molecule has 1 saturated heterocycles. The summed E-state index contributed by atoms with van der Waals surface area (Å²) < 4.78 is 6.00. The first-order valence-corrected chi connectivity index (χ1v) is 9.33. The minimum Gasteiger partial charge on any atom is -0.443 e. The fraction of sp³-hybridized carbons (Fsp3) is 0.300. The van der Waals surface area contributed by atoms with E-state index in [0.29, 0.717) is 29.4 Å². The lowest BCUT2D eigenvalue weighted by Crippen LogP contribution is -2.38. The maximum Gasteiger partial charge on any atom is 0.257 e. The van der Waals surface area contributed by atoms with Crippen molar-refractivity contribution in [1.29, 1.82) is 0 Å². The number of oxazole rings is 1. The van der Waals surface area contributed by atoms with Crippen LogP contribution in [0.1, 0.15) is 52.9 Å². The third kappa shape index (κ3) is 4.01. The second kappa shape index (κ2) is 7.88. The van der Waals surface area contributed by atoms with Gasteiger partial charge >= 0.3 is 0 Å². The molecule has 1 aromatic carbocycles. The summed E-state index contributed by atoms with van der Waals surface area (Å²) in [6, 6.07) is 7.49. The van der Waals surface area contributed by atoms with E-state index in [4.69, 9.17) is 16.0 Å². The van der Waals surface area contributed by atoms with Gasteiger partial charge in [-0.1, -0.05) is 23.7 Å². The number of halogens is 1. The second-order valence-electron chi connectivity index (χ2n) is 6.61. The molecule has 3 aromatic rings. The molecule has 0 unspecified atom stereocenters. The molecule has 1 aliphatic rings. The van der Waals surface area contributed by atoms with E-state index < -0.39 is 0 Å². The molecule has 0 radical (unpaired) electrons. The van der Waals surface area contributed by atoms with Gasteiger partial charge in [0.15, 0.2) is 0 Å². The van der Waals surface area contributed by atoms with Gasteiger partial charge in [-0.2, -0.15) is 0 Å². The van der Waals surface area contributed by atoms with E-state index in [1.165, 1.54) is 6.33 Å². The Hall–Kier alpha value is -2.73. The van der Waals surface area contributed by atoms with E-state index in [-0.39, 0.29) is 11.9 Å². The Labute approximate surface area is 162 Å². The van der Waals surface area contributed by atoms with Gasteiger partial charge in [0.1, 0.15) is 18.1 Å². The molecule has 27 heavy (non-hydrogen) atoms. The van der Waals surface area contributed by atoms with E-state index in [2.05, 4.69) is 15.0 Å². The van der Waals surface area contributed by atoms with Gasteiger partial charge in [-0.15, -0.1) is 0 Å². The summed E-state index contributed by atoms with van der Waals surface area (Å²) >= 11 is 5.93. The minimum atomic E-state index is -0.162. The van der Waals surface area contributed by atoms with Gasteiger partial charge in [0.25, 0.3) is 5.91 Å². The predicted molar refractivity (Wildman–Crippen MR) is 100 cm³/mol. The van der Waals surface area contributed by atoms with Gasteiger partial charge in [0, 0.05) is 30.4 Å². The van der Waals surface area contributed by atoms with Crippen LogP contribution in [-0.4, -0.2) is 32.3 Å². The SMILES string of the molecule is O=C(c1cncnc1)N1CCCC[C@@H]1c1ncc(Cc2ccc(Cl)cc2)o1. The second-order valence-corrected chi connectivity index (χ2v) is 7.04. The summed E-state index contributed by atoms with van der Waals surface area (Å²) in [5.74, 6) is 1.27. The Morgan fingerprint density at radius 2 is 1.93 bits per heavy atom. The first-order valence-electron chi connectivity index (χ1n) is 8.96. The maximum atomic E-state index is 12.9. The quantitative estimate of drug-likeness (QED) is 0.679. The summed E-state index contributed by atoms with van der Waals surface area (Å²) in [6.45, 7) is 0.674. The molecule has 2 aromatic heterocycles. The van der Waals surface area contributed by atoms with Crippen LogP contribution in [0.25, 0.3) is 0 Å². The topological polar surface area (TPSA) is 72.1 Å². The van der Waals surface area contributed by atoms with Gasteiger partial charge < -0.3 is 9.32 Å². The summed E-state index contributed by atoms with van der Waals surface area (Å²) in [5, 5.41) is 0.707. The van der Waals surface area contributed by atoms with Crippen LogP contribution < -0.4 is 0 Å². The molecule has 0 saturated carbocycles. The molecule has 3 heterocycles. The Morgan fingerprint density at radius 1 is 1.15 bits per heavy atom. The Morgan fingerprint density at radius 3 is 2.70 bits per heavy atom. The van der Waals surface area contributed by atoms with Crippen molar-refractivity contribution in [1.82, 2.24) is 19.9 Å². The van der Waals surface area contributed by atoms with Crippen LogP contribution in [-0.2, 0) is 6.42 Å². The highest BCUT2D eigenvalue weighted by atomic mass is 35.5. The molecule has 1 amide bonds. The number of rotatable bonds is 4. The van der Waals surface area contributed by atoms with Crippen molar-refractivity contribution in [3.05, 3.63) is 77.0 Å². The van der Waals surface area contributed by atoms with E-state index in [1.54, 1.807) is 18.6 Å². The van der Waals surface area contributed by atoms with E-state index in [1.807, 2.05) is 29.2 Å². The fourth-order valence-corrected chi connectivity index (χ4v) is 3.49. The zero-order chi connectivity index (χ0) is 18.6. The van der Waals surface area contributed by atoms with E-state index in [0.717, 1.165) is 30.6 Å². The van der Waals surface area contributed by atoms with Crippen molar-refractivity contribution >= 4 is 17.5 Å². The maximum absolute atomic E-state index is 12.9. The zero-order valence-corrected chi connectivity index (χ0v) is 15.5. The van der Waals surface area contributed by atoms with Crippen molar-refractivity contribution in [2.75, 3.05) is 6.54 Å². The average Bonchev–Trinajstić information content (AvgIpc) is 3.18. The largest absolute Gasteiger partial charge is 0.443 e. The van der Waals surface area contributed by atoms with Crippen molar-refractivity contribution in [2.45, 2.75) is 31.7 Å². The average molecular weight is 383 g/mol. The zero-order valence-electron chi connectivity index (χ0n) is 14.7. The van der Waals surface area contributed by atoms with Crippen molar-refractivity contribution < 1.29 is 9.21 Å². The predicted octanol–water partition coefficient (Wildman–Crippen LogP) is 4.08. The molecule has 1 aliphatic heterocycles. The molecule has 0 N–H and O–H groups in total. The summed E-state index contributed by atoms with van der Waals surface area (Å²) in [7, 11) is 0.